The van der Waals surface area contributed by atoms with Gasteiger partial charge in [0.1, 0.15) is 5.82 Å². The Kier molecular flexibility index (Phi) is 5.67. The zero-order valence-electron chi connectivity index (χ0n) is 18.3. The third-order valence-corrected chi connectivity index (χ3v) is 5.51. The maximum absolute atomic E-state index is 12.9. The lowest BCUT2D eigenvalue weighted by atomic mass is 10.0. The molecule has 2 aromatic heterocycles. The lowest BCUT2D eigenvalue weighted by Crippen LogP contribution is -2.13. The van der Waals surface area contributed by atoms with E-state index in [-0.39, 0.29) is 5.91 Å². The van der Waals surface area contributed by atoms with Gasteiger partial charge in [0, 0.05) is 36.7 Å². The van der Waals surface area contributed by atoms with E-state index >= 15 is 0 Å². The van der Waals surface area contributed by atoms with Crippen molar-refractivity contribution >= 4 is 34.4 Å². The van der Waals surface area contributed by atoms with Crippen LogP contribution in [-0.4, -0.2) is 21.7 Å². The van der Waals surface area contributed by atoms with E-state index in [1.165, 1.54) is 11.3 Å². The number of benzene rings is 2. The molecule has 0 atom stereocenters. The van der Waals surface area contributed by atoms with Crippen molar-refractivity contribution in [2.75, 3.05) is 5.32 Å². The zero-order valence-corrected chi connectivity index (χ0v) is 18.3. The number of para-hydroxylation sites is 1. The van der Waals surface area contributed by atoms with E-state index in [2.05, 4.69) is 64.3 Å². The van der Waals surface area contributed by atoms with E-state index in [0.717, 1.165) is 28.3 Å². The molecule has 4 rings (SSSR count). The van der Waals surface area contributed by atoms with Gasteiger partial charge in [-0.05, 0) is 66.6 Å². The third kappa shape index (κ3) is 4.12. The summed E-state index contributed by atoms with van der Waals surface area (Å²) in [5.74, 6) is 0.299. The molecule has 0 saturated heterocycles. The molecule has 2 aromatic carbocycles. The number of aromatic nitrogens is 2. The quantitative estimate of drug-likeness (QED) is 0.405. The number of carbonyl (C=O) groups is 1. The van der Waals surface area contributed by atoms with Gasteiger partial charge in [0.05, 0.1) is 11.3 Å². The van der Waals surface area contributed by atoms with E-state index < -0.39 is 0 Å². The van der Waals surface area contributed by atoms with Gasteiger partial charge >= 0.3 is 0 Å². The molecule has 31 heavy (non-hydrogen) atoms. The molecular weight excluding hydrogens is 384 g/mol. The molecule has 0 fully saturated rings. The number of anilines is 1. The summed E-state index contributed by atoms with van der Waals surface area (Å²) in [5.41, 5.74) is 5.79. The Morgan fingerprint density at radius 1 is 1.13 bits per heavy atom. The third-order valence-electron chi connectivity index (χ3n) is 5.51. The van der Waals surface area contributed by atoms with Crippen LogP contribution in [0.3, 0.4) is 0 Å². The van der Waals surface area contributed by atoms with Crippen molar-refractivity contribution in [2.45, 2.75) is 27.2 Å². The summed E-state index contributed by atoms with van der Waals surface area (Å²) in [6, 6.07) is 16.0. The first-order valence-corrected chi connectivity index (χ1v) is 10.4. The van der Waals surface area contributed by atoms with Crippen LogP contribution < -0.4 is 5.32 Å². The molecule has 1 N–H and O–H groups in total. The van der Waals surface area contributed by atoms with Gasteiger partial charge in [-0.2, -0.15) is 0 Å². The van der Waals surface area contributed by atoms with Crippen LogP contribution in [0.1, 0.15) is 35.5 Å². The zero-order chi connectivity index (χ0) is 22.0. The molecule has 0 aliphatic carbocycles. The van der Waals surface area contributed by atoms with Crippen LogP contribution >= 0.6 is 0 Å². The molecule has 5 heteroatoms. The number of hydrogen-bond acceptors (Lipinski definition) is 3. The van der Waals surface area contributed by atoms with Gasteiger partial charge in [0.2, 0.25) is 0 Å². The highest BCUT2D eigenvalue weighted by Gasteiger charge is 2.14. The number of nitrogens with zero attached hydrogens (tertiary/aromatic N) is 3. The van der Waals surface area contributed by atoms with Crippen molar-refractivity contribution in [1.29, 1.82) is 0 Å². The minimum absolute atomic E-state index is 0.219. The van der Waals surface area contributed by atoms with Crippen LogP contribution in [0.2, 0.25) is 0 Å². The number of aryl methyl sites for hydroxylation is 3. The van der Waals surface area contributed by atoms with Crippen LogP contribution in [0.15, 0.2) is 65.9 Å². The lowest BCUT2D eigenvalue weighted by Gasteiger charge is -2.10. The first-order chi connectivity index (χ1) is 15.0. The predicted molar refractivity (Wildman–Crippen MR) is 128 cm³/mol. The summed E-state index contributed by atoms with van der Waals surface area (Å²) in [6.45, 7) is 5.95. The number of rotatable bonds is 5. The van der Waals surface area contributed by atoms with Crippen LogP contribution in [0.5, 0.6) is 0 Å². The van der Waals surface area contributed by atoms with Gasteiger partial charge in [-0.25, -0.2) is 4.98 Å². The van der Waals surface area contributed by atoms with Gasteiger partial charge in [-0.1, -0.05) is 31.2 Å². The Bertz CT molecular complexity index is 1300. The molecule has 0 spiro atoms. The lowest BCUT2D eigenvalue weighted by molar-refractivity contribution is 0.102. The molecule has 0 radical (unpaired) electrons. The fourth-order valence-electron chi connectivity index (χ4n) is 3.83. The first kappa shape index (κ1) is 20.5. The summed E-state index contributed by atoms with van der Waals surface area (Å²) in [4.78, 5) is 21.7. The molecule has 156 valence electrons. The Balaban J connectivity index is 1.66. The van der Waals surface area contributed by atoms with Gasteiger partial charge in [0.25, 0.3) is 5.91 Å². The second kappa shape index (κ2) is 8.56. The van der Waals surface area contributed by atoms with E-state index in [0.29, 0.717) is 17.1 Å². The molecular formula is C26H26N4O. The number of nitrogens with one attached hydrogen (secondary N) is 1. The van der Waals surface area contributed by atoms with E-state index in [9.17, 15) is 4.79 Å². The number of carbonyl (C=O) groups excluding carboxylic acids is 1. The number of amides is 1. The van der Waals surface area contributed by atoms with Crippen LogP contribution in [0.4, 0.5) is 11.5 Å². The van der Waals surface area contributed by atoms with Crippen LogP contribution in [0, 0.1) is 6.92 Å². The second-order valence-electron chi connectivity index (χ2n) is 7.63. The van der Waals surface area contributed by atoms with Crippen molar-refractivity contribution in [3.63, 3.8) is 0 Å². The highest BCUT2D eigenvalue weighted by atomic mass is 16.1. The average molecular weight is 411 g/mol. The van der Waals surface area contributed by atoms with E-state index in [1.54, 1.807) is 18.5 Å². The van der Waals surface area contributed by atoms with Gasteiger partial charge in [-0.3, -0.25) is 9.79 Å². The molecule has 0 aliphatic heterocycles. The van der Waals surface area contributed by atoms with Gasteiger partial charge in [-0.15, -0.1) is 0 Å². The van der Waals surface area contributed by atoms with Crippen LogP contribution in [-0.2, 0) is 13.5 Å². The minimum Gasteiger partial charge on any atom is -0.354 e. The highest BCUT2D eigenvalue weighted by molar-refractivity contribution is 6.08. The minimum atomic E-state index is -0.219. The fourth-order valence-corrected chi connectivity index (χ4v) is 3.83. The molecule has 5 nitrogen and oxygen atoms in total. The Hall–Kier alpha value is -3.73. The van der Waals surface area contributed by atoms with E-state index in [4.69, 9.17) is 0 Å². The van der Waals surface area contributed by atoms with Crippen molar-refractivity contribution in [2.24, 2.45) is 12.0 Å². The van der Waals surface area contributed by atoms with Crippen molar-refractivity contribution in [1.82, 2.24) is 9.55 Å². The molecule has 0 unspecified atom stereocenters. The molecule has 0 bridgehead atoms. The number of aliphatic imine (C=N–C) groups is 1. The summed E-state index contributed by atoms with van der Waals surface area (Å²) in [5, 5.41) is 4.99. The highest BCUT2D eigenvalue weighted by Crippen LogP contribution is 2.28. The topological polar surface area (TPSA) is 59.3 Å². The Labute approximate surface area is 182 Å². The normalized spacial score (nSPS) is 11.4. The smallest absolute Gasteiger partial charge is 0.259 e. The maximum atomic E-state index is 12.9. The molecule has 0 saturated carbocycles. The summed E-state index contributed by atoms with van der Waals surface area (Å²) < 4.78 is 2.16. The number of pyridine rings is 1. The van der Waals surface area contributed by atoms with Crippen molar-refractivity contribution in [3.8, 4) is 11.1 Å². The fraction of sp³-hybridized carbons (Fsp3) is 0.192. The van der Waals surface area contributed by atoms with Crippen LogP contribution in [0.25, 0.3) is 21.9 Å². The van der Waals surface area contributed by atoms with Crippen molar-refractivity contribution in [3.05, 3.63) is 77.7 Å². The largest absolute Gasteiger partial charge is 0.354 e. The molecule has 2 heterocycles. The Morgan fingerprint density at radius 3 is 2.71 bits per heavy atom. The summed E-state index contributed by atoms with van der Waals surface area (Å²) in [6.07, 6.45) is 6.63. The monoisotopic (exact) mass is 410 g/mol. The van der Waals surface area contributed by atoms with E-state index in [1.807, 2.05) is 32.0 Å². The summed E-state index contributed by atoms with van der Waals surface area (Å²) in [7, 11) is 2.07. The maximum Gasteiger partial charge on any atom is 0.259 e. The predicted octanol–water partition coefficient (Wildman–Crippen LogP) is 6.09. The molecule has 1 amide bonds. The number of fused-ring (bicyclic) bond motifs is 1. The standard InChI is InChI=1S/C26H26N4O/c1-5-22-13-21(16-30(22)4)18-10-11-19-15-28-24(14-20(19)12-18)29-26(31)23-9-7-8-17(3)25(23)27-6-2/h6-16H,5H2,1-4H3,(H,28,29,31). The number of hydrogen-bond donors (Lipinski definition) is 1. The Morgan fingerprint density at radius 2 is 1.97 bits per heavy atom. The van der Waals surface area contributed by atoms with Gasteiger partial charge in [0.15, 0.2) is 0 Å². The second-order valence-corrected chi connectivity index (χ2v) is 7.63. The molecule has 4 aromatic rings. The summed E-state index contributed by atoms with van der Waals surface area (Å²) >= 11 is 0. The van der Waals surface area contributed by atoms with Crippen molar-refractivity contribution < 1.29 is 4.79 Å². The SMILES string of the molecule is CC=Nc1c(C)cccc1C(=O)Nc1cc2cc(-c3cc(CC)n(C)c3)ccc2cn1. The average Bonchev–Trinajstić information content (AvgIpc) is 3.15. The first-order valence-electron chi connectivity index (χ1n) is 10.4. The van der Waals surface area contributed by atoms with Gasteiger partial charge < -0.3 is 9.88 Å². The molecule has 0 aliphatic rings.